The summed E-state index contributed by atoms with van der Waals surface area (Å²) in [5.41, 5.74) is 8.10. The maximum Gasteiger partial charge on any atom is 0.0811 e. The molecule has 0 fully saturated rings. The van der Waals surface area contributed by atoms with E-state index < -0.39 is 0 Å². The molecule has 0 N–H and O–H groups in total. The third-order valence-electron chi connectivity index (χ3n) is 8.92. The van der Waals surface area contributed by atoms with Gasteiger partial charge in [0.1, 0.15) is 0 Å². The SMILES string of the molecule is c1ccc(-n2c3ccccc3c3c4ncccc4c4c5ccccc5n(-c5ccc6sc7ccccc7c6c5)c4c32)cc1. The third-order valence-corrected chi connectivity index (χ3v) is 10.1. The van der Waals surface area contributed by atoms with Gasteiger partial charge in [-0.2, -0.15) is 0 Å². The first kappa shape index (κ1) is 23.1. The summed E-state index contributed by atoms with van der Waals surface area (Å²) in [5, 5.41) is 8.66. The molecule has 4 aromatic heterocycles. The second-order valence-electron chi connectivity index (χ2n) is 11.2. The van der Waals surface area contributed by atoms with Gasteiger partial charge in [0.25, 0.3) is 0 Å². The minimum atomic E-state index is 1.04. The molecule has 0 atom stereocenters. The molecule has 10 aromatic rings. The Balaban J connectivity index is 1.51. The maximum absolute atomic E-state index is 5.05. The van der Waals surface area contributed by atoms with E-state index in [0.717, 1.165) is 16.9 Å². The lowest BCUT2D eigenvalue weighted by atomic mass is 10.0. The van der Waals surface area contributed by atoms with Gasteiger partial charge in [-0.05, 0) is 54.6 Å². The zero-order valence-electron chi connectivity index (χ0n) is 23.0. The molecule has 0 saturated heterocycles. The molecule has 0 amide bonds. The van der Waals surface area contributed by atoms with Crippen LogP contribution in [0.5, 0.6) is 0 Å². The number of para-hydroxylation sites is 3. The summed E-state index contributed by atoms with van der Waals surface area (Å²) >= 11 is 1.86. The van der Waals surface area contributed by atoms with Crippen molar-refractivity contribution >= 4 is 86.0 Å². The number of rotatable bonds is 2. The Morgan fingerprint density at radius 1 is 0.442 bits per heavy atom. The number of fused-ring (bicyclic) bond motifs is 13. The van der Waals surface area contributed by atoms with Crippen LogP contribution in [0, 0.1) is 0 Å². The topological polar surface area (TPSA) is 22.8 Å². The van der Waals surface area contributed by atoms with Crippen molar-refractivity contribution in [3.8, 4) is 11.4 Å². The van der Waals surface area contributed by atoms with Gasteiger partial charge in [0.2, 0.25) is 0 Å². The highest BCUT2D eigenvalue weighted by molar-refractivity contribution is 7.25. The first-order valence-corrected chi connectivity index (χ1v) is 15.4. The summed E-state index contributed by atoms with van der Waals surface area (Å²) in [5.74, 6) is 0. The largest absolute Gasteiger partial charge is 0.307 e. The van der Waals surface area contributed by atoms with Crippen molar-refractivity contribution < 1.29 is 0 Å². The number of hydrogen-bond donors (Lipinski definition) is 0. The van der Waals surface area contributed by atoms with Crippen LogP contribution < -0.4 is 0 Å². The summed E-state index contributed by atoms with van der Waals surface area (Å²) < 4.78 is 7.56. The number of benzene rings is 6. The minimum absolute atomic E-state index is 1.04. The lowest BCUT2D eigenvalue weighted by Crippen LogP contribution is -1.99. The summed E-state index contributed by atoms with van der Waals surface area (Å²) in [6.45, 7) is 0. The van der Waals surface area contributed by atoms with Crippen molar-refractivity contribution in [2.75, 3.05) is 0 Å². The molecule has 0 aliphatic heterocycles. The molecule has 0 bridgehead atoms. The number of hydrogen-bond acceptors (Lipinski definition) is 2. The van der Waals surface area contributed by atoms with Crippen LogP contribution >= 0.6 is 11.3 Å². The number of thiophene rings is 1. The lowest BCUT2D eigenvalue weighted by Gasteiger charge is -2.14. The zero-order valence-corrected chi connectivity index (χ0v) is 23.8. The smallest absolute Gasteiger partial charge is 0.0811 e. The van der Waals surface area contributed by atoms with E-state index in [-0.39, 0.29) is 0 Å². The Morgan fingerprint density at radius 3 is 1.86 bits per heavy atom. The maximum atomic E-state index is 5.05. The fraction of sp³-hybridized carbons (Fsp3) is 0. The Morgan fingerprint density at radius 2 is 1.05 bits per heavy atom. The molecule has 6 aromatic carbocycles. The fourth-order valence-corrected chi connectivity index (χ4v) is 8.30. The first-order valence-electron chi connectivity index (χ1n) is 14.6. The Labute approximate surface area is 250 Å². The standard InChI is InChI=1S/C39H23N3S/c1-2-11-24(12-3-1)41-32-18-8-5-15-28(32)36-37-29(16-10-22-40-37)35-27-14-4-7-17-31(27)42(38(35)39(36)41)25-20-21-34-30(23-25)26-13-6-9-19-33(26)43-34/h1-23H. The van der Waals surface area contributed by atoms with Gasteiger partial charge < -0.3 is 9.13 Å². The lowest BCUT2D eigenvalue weighted by molar-refractivity contribution is 1.15. The minimum Gasteiger partial charge on any atom is -0.307 e. The predicted molar refractivity (Wildman–Crippen MR) is 183 cm³/mol. The van der Waals surface area contributed by atoms with Crippen LogP contribution in [0.1, 0.15) is 0 Å². The van der Waals surface area contributed by atoms with Gasteiger partial charge in [0.05, 0.1) is 27.6 Å². The van der Waals surface area contributed by atoms with E-state index in [9.17, 15) is 0 Å². The van der Waals surface area contributed by atoms with E-state index in [1.54, 1.807) is 0 Å². The fourth-order valence-electron chi connectivity index (χ4n) is 7.21. The third kappa shape index (κ3) is 3.05. The van der Waals surface area contributed by atoms with Crippen molar-refractivity contribution in [1.82, 2.24) is 14.1 Å². The predicted octanol–water partition coefficient (Wildman–Crippen LogP) is 10.8. The van der Waals surface area contributed by atoms with Crippen LogP contribution in [0.25, 0.3) is 86.1 Å². The number of nitrogens with zero attached hydrogens (tertiary/aromatic N) is 3. The highest BCUT2D eigenvalue weighted by atomic mass is 32.1. The highest BCUT2D eigenvalue weighted by Crippen LogP contribution is 2.46. The van der Waals surface area contributed by atoms with E-state index in [1.165, 1.54) is 69.2 Å². The monoisotopic (exact) mass is 565 g/mol. The molecule has 4 heteroatoms. The quantitative estimate of drug-likeness (QED) is 0.204. The average molecular weight is 566 g/mol. The van der Waals surface area contributed by atoms with Gasteiger partial charge >= 0.3 is 0 Å². The molecular formula is C39H23N3S. The number of pyridine rings is 1. The first-order chi connectivity index (χ1) is 21.4. The average Bonchev–Trinajstić information content (AvgIpc) is 3.73. The second-order valence-corrected chi connectivity index (χ2v) is 12.2. The van der Waals surface area contributed by atoms with Crippen LogP contribution in [-0.4, -0.2) is 14.1 Å². The summed E-state index contributed by atoms with van der Waals surface area (Å²) in [7, 11) is 0. The normalized spacial score (nSPS) is 12.2. The van der Waals surface area contributed by atoms with Crippen molar-refractivity contribution in [2.45, 2.75) is 0 Å². The Hall–Kier alpha value is -5.45. The van der Waals surface area contributed by atoms with Crippen molar-refractivity contribution in [3.05, 3.63) is 140 Å². The van der Waals surface area contributed by atoms with Gasteiger partial charge in [0.15, 0.2) is 0 Å². The van der Waals surface area contributed by atoms with Crippen LogP contribution in [0.2, 0.25) is 0 Å². The second kappa shape index (κ2) is 8.54. The molecule has 0 aliphatic carbocycles. The molecule has 43 heavy (non-hydrogen) atoms. The summed E-state index contributed by atoms with van der Waals surface area (Å²) in [6, 6.07) is 48.3. The van der Waals surface area contributed by atoms with Gasteiger partial charge in [-0.25, -0.2) is 0 Å². The molecule has 0 radical (unpaired) electrons. The zero-order chi connectivity index (χ0) is 28.1. The molecule has 0 spiro atoms. The molecule has 0 aliphatic rings. The van der Waals surface area contributed by atoms with Gasteiger partial charge in [-0.3, -0.25) is 4.98 Å². The summed E-state index contributed by atoms with van der Waals surface area (Å²) in [6.07, 6.45) is 1.93. The van der Waals surface area contributed by atoms with Crippen LogP contribution in [-0.2, 0) is 0 Å². The van der Waals surface area contributed by atoms with Gasteiger partial charge in [-0.1, -0.05) is 78.9 Å². The van der Waals surface area contributed by atoms with Crippen molar-refractivity contribution in [2.24, 2.45) is 0 Å². The number of aromatic nitrogens is 3. The molecule has 4 heterocycles. The molecule has 200 valence electrons. The van der Waals surface area contributed by atoms with Crippen LogP contribution in [0.15, 0.2) is 140 Å². The van der Waals surface area contributed by atoms with E-state index in [0.29, 0.717) is 0 Å². The molecule has 10 rings (SSSR count). The molecule has 3 nitrogen and oxygen atoms in total. The van der Waals surface area contributed by atoms with Crippen LogP contribution in [0.4, 0.5) is 0 Å². The Bertz CT molecular complexity index is 2730. The Kier molecular flexibility index (Phi) is 4.60. The van der Waals surface area contributed by atoms with Crippen molar-refractivity contribution in [3.63, 3.8) is 0 Å². The van der Waals surface area contributed by atoms with E-state index in [4.69, 9.17) is 4.98 Å². The highest BCUT2D eigenvalue weighted by Gasteiger charge is 2.25. The molecule has 0 unspecified atom stereocenters. The van der Waals surface area contributed by atoms with Gasteiger partial charge in [-0.15, -0.1) is 11.3 Å². The van der Waals surface area contributed by atoms with Crippen molar-refractivity contribution in [1.29, 1.82) is 0 Å². The van der Waals surface area contributed by atoms with Crippen LogP contribution in [0.3, 0.4) is 0 Å². The van der Waals surface area contributed by atoms with Gasteiger partial charge in [0, 0.05) is 64.7 Å². The van der Waals surface area contributed by atoms with E-state index in [2.05, 4.69) is 143 Å². The summed E-state index contributed by atoms with van der Waals surface area (Å²) in [4.78, 5) is 5.05. The van der Waals surface area contributed by atoms with E-state index >= 15 is 0 Å². The molecule has 0 saturated carbocycles. The van der Waals surface area contributed by atoms with E-state index in [1.807, 2.05) is 17.5 Å². The molecular weight excluding hydrogens is 543 g/mol.